The normalized spacial score (nSPS) is 21.8. The van der Waals surface area contributed by atoms with E-state index in [1.807, 2.05) is 11.0 Å². The van der Waals surface area contributed by atoms with E-state index in [1.54, 1.807) is 0 Å². The van der Waals surface area contributed by atoms with E-state index in [1.165, 1.54) is 18.4 Å². The van der Waals surface area contributed by atoms with E-state index >= 15 is 0 Å². The summed E-state index contributed by atoms with van der Waals surface area (Å²) in [6.45, 7) is 0.913. The first kappa shape index (κ1) is 10.0. The Labute approximate surface area is 91.1 Å². The standard InChI is InChI=1S/C13H16N2/c14-11-15-10-6-2-5-9-13(15)12-7-3-1-4-8-12/h1,3-4,7-8,13H,2,5-6,9-10H2. The minimum Gasteiger partial charge on any atom is -0.303 e. The first-order valence-corrected chi connectivity index (χ1v) is 5.63. The van der Waals surface area contributed by atoms with Crippen molar-refractivity contribution >= 4 is 0 Å². The number of rotatable bonds is 1. The van der Waals surface area contributed by atoms with Crippen molar-refractivity contribution in [3.63, 3.8) is 0 Å². The van der Waals surface area contributed by atoms with Gasteiger partial charge in [-0.25, -0.2) is 0 Å². The highest BCUT2D eigenvalue weighted by molar-refractivity contribution is 5.20. The van der Waals surface area contributed by atoms with E-state index in [2.05, 4.69) is 30.5 Å². The molecule has 1 saturated heterocycles. The van der Waals surface area contributed by atoms with Gasteiger partial charge in [0.15, 0.2) is 6.19 Å². The van der Waals surface area contributed by atoms with Crippen molar-refractivity contribution in [3.05, 3.63) is 35.9 Å². The SMILES string of the molecule is N#CN1CCCCCC1c1ccccc1. The molecule has 15 heavy (non-hydrogen) atoms. The second kappa shape index (κ2) is 4.84. The molecule has 0 saturated carbocycles. The van der Waals surface area contributed by atoms with Gasteiger partial charge >= 0.3 is 0 Å². The number of nitrogens with zero attached hydrogens (tertiary/aromatic N) is 2. The lowest BCUT2D eigenvalue weighted by Crippen LogP contribution is -2.23. The second-order valence-corrected chi connectivity index (χ2v) is 4.07. The number of likely N-dealkylation sites (tertiary alicyclic amines) is 1. The largest absolute Gasteiger partial charge is 0.303 e. The van der Waals surface area contributed by atoms with Crippen LogP contribution in [0.25, 0.3) is 0 Å². The maximum atomic E-state index is 9.12. The molecule has 0 bridgehead atoms. The lowest BCUT2D eigenvalue weighted by molar-refractivity contribution is 0.299. The van der Waals surface area contributed by atoms with Crippen LogP contribution in [0, 0.1) is 11.5 Å². The van der Waals surface area contributed by atoms with Crippen molar-refractivity contribution in [1.82, 2.24) is 4.90 Å². The van der Waals surface area contributed by atoms with Gasteiger partial charge in [-0.3, -0.25) is 0 Å². The minimum atomic E-state index is 0.304. The van der Waals surface area contributed by atoms with Crippen LogP contribution in [0.2, 0.25) is 0 Å². The molecule has 1 heterocycles. The molecule has 0 N–H and O–H groups in total. The molecule has 1 aliphatic heterocycles. The van der Waals surface area contributed by atoms with Crippen LogP contribution in [0.3, 0.4) is 0 Å². The molecule has 1 aromatic rings. The minimum absolute atomic E-state index is 0.304. The van der Waals surface area contributed by atoms with Gasteiger partial charge in [0, 0.05) is 6.54 Å². The van der Waals surface area contributed by atoms with Crippen LogP contribution in [0.4, 0.5) is 0 Å². The van der Waals surface area contributed by atoms with Gasteiger partial charge in [0.05, 0.1) is 6.04 Å². The molecule has 2 heteroatoms. The van der Waals surface area contributed by atoms with Gasteiger partial charge in [-0.05, 0) is 18.4 Å². The zero-order chi connectivity index (χ0) is 10.5. The zero-order valence-electron chi connectivity index (χ0n) is 8.89. The molecule has 0 spiro atoms. The van der Waals surface area contributed by atoms with Crippen molar-refractivity contribution in [2.24, 2.45) is 0 Å². The lowest BCUT2D eigenvalue weighted by atomic mass is 10.0. The fraction of sp³-hybridized carbons (Fsp3) is 0.462. The summed E-state index contributed by atoms with van der Waals surface area (Å²) in [6.07, 6.45) is 7.07. The van der Waals surface area contributed by atoms with E-state index < -0.39 is 0 Å². The van der Waals surface area contributed by atoms with Crippen LogP contribution < -0.4 is 0 Å². The van der Waals surface area contributed by atoms with Gasteiger partial charge in [0.25, 0.3) is 0 Å². The fourth-order valence-corrected chi connectivity index (χ4v) is 2.25. The van der Waals surface area contributed by atoms with Crippen LogP contribution in [0.5, 0.6) is 0 Å². The third-order valence-corrected chi connectivity index (χ3v) is 3.07. The van der Waals surface area contributed by atoms with E-state index in [9.17, 15) is 0 Å². The predicted molar refractivity (Wildman–Crippen MR) is 60.0 cm³/mol. The highest BCUT2D eigenvalue weighted by Gasteiger charge is 2.20. The summed E-state index contributed by atoms with van der Waals surface area (Å²) in [5.74, 6) is 0. The molecule has 0 aromatic heterocycles. The molecule has 78 valence electrons. The Morgan fingerprint density at radius 1 is 1.13 bits per heavy atom. The second-order valence-electron chi connectivity index (χ2n) is 4.07. The third kappa shape index (κ3) is 2.30. The molecule has 0 aliphatic carbocycles. The summed E-state index contributed by atoms with van der Waals surface area (Å²) < 4.78 is 0. The highest BCUT2D eigenvalue weighted by atomic mass is 15.1. The van der Waals surface area contributed by atoms with Gasteiger partial charge in [0.2, 0.25) is 0 Å². The average Bonchev–Trinajstić information content (AvgIpc) is 2.55. The zero-order valence-corrected chi connectivity index (χ0v) is 8.89. The molecule has 1 aliphatic rings. The molecular weight excluding hydrogens is 184 g/mol. The Balaban J connectivity index is 2.21. The number of hydrogen-bond donors (Lipinski definition) is 0. The van der Waals surface area contributed by atoms with E-state index in [-0.39, 0.29) is 0 Å². The summed E-state index contributed by atoms with van der Waals surface area (Å²) in [5.41, 5.74) is 1.28. The molecular formula is C13H16N2. The quantitative estimate of drug-likeness (QED) is 0.651. The smallest absolute Gasteiger partial charge is 0.179 e. The molecule has 2 rings (SSSR count). The Morgan fingerprint density at radius 3 is 2.67 bits per heavy atom. The van der Waals surface area contributed by atoms with Crippen LogP contribution in [-0.2, 0) is 0 Å². The Hall–Kier alpha value is -1.49. The van der Waals surface area contributed by atoms with Gasteiger partial charge in [-0.15, -0.1) is 0 Å². The predicted octanol–water partition coefficient (Wildman–Crippen LogP) is 3.08. The van der Waals surface area contributed by atoms with Crippen molar-refractivity contribution in [2.45, 2.75) is 31.7 Å². The van der Waals surface area contributed by atoms with Crippen molar-refractivity contribution in [1.29, 1.82) is 5.26 Å². The van der Waals surface area contributed by atoms with Crippen molar-refractivity contribution in [3.8, 4) is 6.19 Å². The number of hydrogen-bond acceptors (Lipinski definition) is 2. The van der Waals surface area contributed by atoms with E-state index in [0.29, 0.717) is 6.04 Å². The van der Waals surface area contributed by atoms with Crippen LogP contribution in [0.1, 0.15) is 37.3 Å². The van der Waals surface area contributed by atoms with Crippen LogP contribution in [0.15, 0.2) is 30.3 Å². The van der Waals surface area contributed by atoms with Crippen LogP contribution >= 0.6 is 0 Å². The molecule has 2 nitrogen and oxygen atoms in total. The van der Waals surface area contributed by atoms with E-state index in [0.717, 1.165) is 19.4 Å². The Kier molecular flexibility index (Phi) is 3.24. The van der Waals surface area contributed by atoms with Gasteiger partial charge in [0.1, 0.15) is 0 Å². The van der Waals surface area contributed by atoms with Gasteiger partial charge in [-0.1, -0.05) is 43.2 Å². The summed E-state index contributed by atoms with van der Waals surface area (Å²) in [6, 6.07) is 10.7. The van der Waals surface area contributed by atoms with Crippen molar-refractivity contribution < 1.29 is 0 Å². The van der Waals surface area contributed by atoms with Gasteiger partial charge in [-0.2, -0.15) is 5.26 Å². The molecule has 0 radical (unpaired) electrons. The molecule has 1 aromatic carbocycles. The number of nitriles is 1. The third-order valence-electron chi connectivity index (χ3n) is 3.07. The molecule has 1 atom stereocenters. The van der Waals surface area contributed by atoms with Gasteiger partial charge < -0.3 is 4.90 Å². The first-order valence-electron chi connectivity index (χ1n) is 5.63. The summed E-state index contributed by atoms with van der Waals surface area (Å²) >= 11 is 0. The fourth-order valence-electron chi connectivity index (χ4n) is 2.25. The molecule has 1 fully saturated rings. The van der Waals surface area contributed by atoms with Crippen molar-refractivity contribution in [2.75, 3.05) is 6.54 Å². The van der Waals surface area contributed by atoms with E-state index in [4.69, 9.17) is 5.26 Å². The summed E-state index contributed by atoms with van der Waals surface area (Å²) in [5, 5.41) is 9.12. The maximum absolute atomic E-state index is 9.12. The molecule has 1 unspecified atom stereocenters. The lowest BCUT2D eigenvalue weighted by Gasteiger charge is -2.24. The summed E-state index contributed by atoms with van der Waals surface area (Å²) in [7, 11) is 0. The topological polar surface area (TPSA) is 27.0 Å². The number of benzene rings is 1. The Morgan fingerprint density at radius 2 is 1.93 bits per heavy atom. The highest BCUT2D eigenvalue weighted by Crippen LogP contribution is 2.28. The Bertz CT molecular complexity index is 339. The summed E-state index contributed by atoms with van der Waals surface area (Å²) in [4.78, 5) is 1.93. The monoisotopic (exact) mass is 200 g/mol. The molecule has 0 amide bonds. The average molecular weight is 200 g/mol. The van der Waals surface area contributed by atoms with Crippen LogP contribution in [-0.4, -0.2) is 11.4 Å². The first-order chi connectivity index (χ1) is 7.42. The maximum Gasteiger partial charge on any atom is 0.179 e.